The number of nitrogens with zero attached hydrogens (tertiary/aromatic N) is 1. The van der Waals surface area contributed by atoms with E-state index in [1.807, 2.05) is 60.7 Å². The Balaban J connectivity index is 1.86. The molecule has 4 aromatic rings. The van der Waals surface area contributed by atoms with Gasteiger partial charge in [0.1, 0.15) is 35.9 Å². The summed E-state index contributed by atoms with van der Waals surface area (Å²) in [7, 11) is 0. The van der Waals surface area contributed by atoms with Gasteiger partial charge in [-0.25, -0.2) is 14.6 Å². The summed E-state index contributed by atoms with van der Waals surface area (Å²) in [6.07, 6.45) is 1.30. The molecule has 0 aliphatic heterocycles. The summed E-state index contributed by atoms with van der Waals surface area (Å²) >= 11 is 0. The van der Waals surface area contributed by atoms with E-state index in [1.165, 1.54) is 30.5 Å². The van der Waals surface area contributed by atoms with E-state index < -0.39 is 29.0 Å². The van der Waals surface area contributed by atoms with Gasteiger partial charge in [-0.3, -0.25) is 4.79 Å². The van der Waals surface area contributed by atoms with E-state index in [9.17, 15) is 19.5 Å². The van der Waals surface area contributed by atoms with Gasteiger partial charge in [0.25, 0.3) is 0 Å². The average Bonchev–Trinajstić information content (AvgIpc) is 2.94. The molecule has 0 aliphatic carbocycles. The van der Waals surface area contributed by atoms with Gasteiger partial charge in [0.15, 0.2) is 5.69 Å². The largest absolute Gasteiger partial charge is 0.488 e. The SMILES string of the molecule is CC(C)(C)OC(=O)c1cc(OCc2ccccc2)c(C(=O)c2cccnc2C(=O)O)c(OCc2ccccc2)c1. The molecule has 4 rings (SSSR count). The number of ether oxygens (including phenoxy) is 3. The smallest absolute Gasteiger partial charge is 0.355 e. The maximum atomic E-state index is 14.0. The number of carboxylic acids is 1. The Kier molecular flexibility index (Phi) is 8.59. The van der Waals surface area contributed by atoms with Crippen molar-refractivity contribution in [3.63, 3.8) is 0 Å². The highest BCUT2D eigenvalue weighted by molar-refractivity contribution is 6.16. The van der Waals surface area contributed by atoms with Crippen molar-refractivity contribution < 1.29 is 33.7 Å². The maximum Gasteiger partial charge on any atom is 0.355 e. The van der Waals surface area contributed by atoms with Crippen LogP contribution in [0.4, 0.5) is 0 Å². The van der Waals surface area contributed by atoms with E-state index >= 15 is 0 Å². The second-order valence-corrected chi connectivity index (χ2v) is 9.93. The molecule has 0 saturated carbocycles. The lowest BCUT2D eigenvalue weighted by Crippen LogP contribution is -2.24. The van der Waals surface area contributed by atoms with Crippen molar-refractivity contribution in [2.24, 2.45) is 0 Å². The number of aromatic carboxylic acids is 1. The first-order valence-electron chi connectivity index (χ1n) is 12.6. The fraction of sp³-hybridized carbons (Fsp3) is 0.188. The van der Waals surface area contributed by atoms with Gasteiger partial charge in [0, 0.05) is 6.20 Å². The quantitative estimate of drug-likeness (QED) is 0.189. The molecule has 0 saturated heterocycles. The lowest BCUT2D eigenvalue weighted by Gasteiger charge is -2.21. The molecule has 0 spiro atoms. The van der Waals surface area contributed by atoms with Gasteiger partial charge >= 0.3 is 11.9 Å². The lowest BCUT2D eigenvalue weighted by molar-refractivity contribution is 0.00681. The second-order valence-electron chi connectivity index (χ2n) is 9.93. The van der Waals surface area contributed by atoms with Gasteiger partial charge in [0.05, 0.1) is 11.1 Å². The van der Waals surface area contributed by atoms with Gasteiger partial charge < -0.3 is 19.3 Å². The molecular weight excluding hydrogens is 510 g/mol. The van der Waals surface area contributed by atoms with Crippen molar-refractivity contribution in [3.05, 3.63) is 125 Å². The van der Waals surface area contributed by atoms with Crippen LogP contribution in [-0.2, 0) is 18.0 Å². The molecule has 0 amide bonds. The van der Waals surface area contributed by atoms with Crippen molar-refractivity contribution in [2.75, 3.05) is 0 Å². The number of aromatic nitrogens is 1. The van der Waals surface area contributed by atoms with Crippen LogP contribution in [0.5, 0.6) is 11.5 Å². The van der Waals surface area contributed by atoms with E-state index in [2.05, 4.69) is 4.98 Å². The van der Waals surface area contributed by atoms with Crippen molar-refractivity contribution in [3.8, 4) is 11.5 Å². The Morgan fingerprint density at radius 1 is 0.775 bits per heavy atom. The van der Waals surface area contributed by atoms with Crippen LogP contribution in [0.15, 0.2) is 91.1 Å². The normalized spacial score (nSPS) is 11.0. The molecule has 8 nitrogen and oxygen atoms in total. The Bertz CT molecular complexity index is 1450. The van der Waals surface area contributed by atoms with Crippen LogP contribution in [0.3, 0.4) is 0 Å². The number of benzene rings is 3. The Hall–Kier alpha value is -4.98. The molecule has 1 aromatic heterocycles. The minimum absolute atomic E-state index is 0.0327. The Labute approximate surface area is 232 Å². The molecule has 1 N–H and O–H groups in total. The summed E-state index contributed by atoms with van der Waals surface area (Å²) in [6, 6.07) is 24.3. The molecule has 0 aliphatic rings. The summed E-state index contributed by atoms with van der Waals surface area (Å²) in [5, 5.41) is 9.69. The summed E-state index contributed by atoms with van der Waals surface area (Å²) in [4.78, 5) is 42.8. The van der Waals surface area contributed by atoms with E-state index in [0.29, 0.717) is 0 Å². The number of hydrogen-bond donors (Lipinski definition) is 1. The minimum Gasteiger partial charge on any atom is -0.488 e. The molecule has 0 unspecified atom stereocenters. The zero-order valence-corrected chi connectivity index (χ0v) is 22.4. The van der Waals surface area contributed by atoms with Crippen LogP contribution in [-0.4, -0.2) is 33.4 Å². The topological polar surface area (TPSA) is 112 Å². The second kappa shape index (κ2) is 12.3. The Morgan fingerprint density at radius 2 is 1.30 bits per heavy atom. The van der Waals surface area contributed by atoms with E-state index in [4.69, 9.17) is 14.2 Å². The van der Waals surface area contributed by atoms with Crippen LogP contribution < -0.4 is 9.47 Å². The van der Waals surface area contributed by atoms with Crippen LogP contribution in [0.2, 0.25) is 0 Å². The lowest BCUT2D eigenvalue weighted by atomic mass is 9.98. The fourth-order valence-corrected chi connectivity index (χ4v) is 3.86. The molecule has 8 heteroatoms. The number of esters is 1. The third-order valence-corrected chi connectivity index (χ3v) is 5.66. The first-order valence-corrected chi connectivity index (χ1v) is 12.6. The predicted molar refractivity (Wildman–Crippen MR) is 148 cm³/mol. The third kappa shape index (κ3) is 7.11. The van der Waals surface area contributed by atoms with Crippen LogP contribution in [0.25, 0.3) is 0 Å². The number of carbonyl (C=O) groups is 3. The van der Waals surface area contributed by atoms with Gasteiger partial charge in [-0.1, -0.05) is 60.7 Å². The van der Waals surface area contributed by atoms with Gasteiger partial charge in [0.2, 0.25) is 5.78 Å². The number of pyridine rings is 1. The summed E-state index contributed by atoms with van der Waals surface area (Å²) in [5.41, 5.74) is 0.400. The van der Waals surface area contributed by atoms with Gasteiger partial charge in [-0.05, 0) is 56.2 Å². The van der Waals surface area contributed by atoms with E-state index in [1.54, 1.807) is 20.8 Å². The first kappa shape index (κ1) is 28.0. The van der Waals surface area contributed by atoms with Crippen molar-refractivity contribution in [2.45, 2.75) is 39.6 Å². The monoisotopic (exact) mass is 539 g/mol. The van der Waals surface area contributed by atoms with Crippen molar-refractivity contribution >= 4 is 17.7 Å². The van der Waals surface area contributed by atoms with Crippen molar-refractivity contribution in [1.82, 2.24) is 4.98 Å². The summed E-state index contributed by atoms with van der Waals surface area (Å²) < 4.78 is 17.8. The highest BCUT2D eigenvalue weighted by atomic mass is 16.6. The van der Waals surface area contributed by atoms with Crippen LogP contribution in [0, 0.1) is 0 Å². The number of hydrogen-bond acceptors (Lipinski definition) is 7. The van der Waals surface area contributed by atoms with Crippen LogP contribution in [0.1, 0.15) is 68.7 Å². The average molecular weight is 540 g/mol. The number of ketones is 1. The zero-order valence-electron chi connectivity index (χ0n) is 22.4. The first-order chi connectivity index (χ1) is 19.1. The molecular formula is C32H29NO7. The van der Waals surface area contributed by atoms with E-state index in [-0.39, 0.29) is 41.4 Å². The summed E-state index contributed by atoms with van der Waals surface area (Å²) in [5.74, 6) is -2.57. The third-order valence-electron chi connectivity index (χ3n) is 5.66. The molecule has 0 radical (unpaired) electrons. The molecule has 0 fully saturated rings. The van der Waals surface area contributed by atoms with Crippen molar-refractivity contribution in [1.29, 1.82) is 0 Å². The minimum atomic E-state index is -1.35. The summed E-state index contributed by atoms with van der Waals surface area (Å²) in [6.45, 7) is 5.40. The Morgan fingerprint density at radius 3 is 1.77 bits per heavy atom. The highest BCUT2D eigenvalue weighted by Crippen LogP contribution is 2.35. The maximum absolute atomic E-state index is 14.0. The number of carboxylic acid groups (broad SMARTS) is 1. The highest BCUT2D eigenvalue weighted by Gasteiger charge is 2.29. The molecule has 3 aromatic carbocycles. The van der Waals surface area contributed by atoms with Gasteiger partial charge in [-0.2, -0.15) is 0 Å². The van der Waals surface area contributed by atoms with Gasteiger partial charge in [-0.15, -0.1) is 0 Å². The predicted octanol–water partition coefficient (Wildman–Crippen LogP) is 6.12. The molecule has 0 atom stereocenters. The molecule has 204 valence electrons. The zero-order chi connectivity index (χ0) is 28.7. The van der Waals surface area contributed by atoms with Crippen LogP contribution >= 0.6 is 0 Å². The standard InChI is InChI=1S/C32H29NO7/c1-32(2,3)40-31(37)23-17-25(38-19-21-11-6-4-7-12-21)27(26(18-23)39-20-22-13-8-5-9-14-22)29(34)24-15-10-16-33-28(24)30(35)36/h4-18H,19-20H2,1-3H3,(H,35,36). The number of carbonyl (C=O) groups excluding carboxylic acids is 2. The fourth-order valence-electron chi connectivity index (χ4n) is 3.86. The molecule has 40 heavy (non-hydrogen) atoms. The molecule has 1 heterocycles. The molecule has 0 bridgehead atoms. The number of rotatable bonds is 10. The van der Waals surface area contributed by atoms with E-state index in [0.717, 1.165) is 11.1 Å².